The molecule has 2 N–H and O–H groups in total. The maximum atomic E-state index is 14.1. The predicted molar refractivity (Wildman–Crippen MR) is 128 cm³/mol. The molecule has 3 aromatic rings. The summed E-state index contributed by atoms with van der Waals surface area (Å²) in [6, 6.07) is 16.5. The van der Waals surface area contributed by atoms with E-state index in [1.54, 1.807) is 29.2 Å². The molecule has 0 bridgehead atoms. The molecule has 2 amide bonds. The van der Waals surface area contributed by atoms with Crippen molar-refractivity contribution >= 4 is 11.8 Å². The van der Waals surface area contributed by atoms with Gasteiger partial charge in [-0.15, -0.1) is 0 Å². The number of rotatable bonds is 7. The fraction of sp³-hybridized carbons (Fsp3) is 0.286. The summed E-state index contributed by atoms with van der Waals surface area (Å²) in [4.78, 5) is 26.6. The lowest BCUT2D eigenvalue weighted by atomic mass is 9.69. The van der Waals surface area contributed by atoms with Crippen molar-refractivity contribution < 1.29 is 22.8 Å². The van der Waals surface area contributed by atoms with Crippen LogP contribution in [0.1, 0.15) is 49.8 Å². The van der Waals surface area contributed by atoms with Gasteiger partial charge in [0, 0.05) is 36.4 Å². The standard InChI is InChI=1S/C28H27F3N2O2/c1-18(19-2-4-20(5-3-19)24-11-10-23(30)16-25(24)31)33-15-14-28(17-27(33)35,13-12-26(32)34)21-6-8-22(29)9-7-21/h2-11,16,18H,12-15,17H2,1H3,(H2,32,34)/t18-,28-/m0/s1. The minimum atomic E-state index is -0.634. The Morgan fingerprint density at radius 2 is 1.66 bits per heavy atom. The number of carbonyl (C=O) groups excluding carboxylic acids is 2. The van der Waals surface area contributed by atoms with Gasteiger partial charge in [-0.25, -0.2) is 13.2 Å². The molecule has 1 aliphatic rings. The third kappa shape index (κ3) is 5.24. The van der Waals surface area contributed by atoms with Crippen molar-refractivity contribution in [2.24, 2.45) is 5.73 Å². The van der Waals surface area contributed by atoms with Gasteiger partial charge >= 0.3 is 0 Å². The van der Waals surface area contributed by atoms with Gasteiger partial charge in [0.1, 0.15) is 17.5 Å². The smallest absolute Gasteiger partial charge is 0.223 e. The normalized spacial score (nSPS) is 19.0. The molecule has 0 saturated carbocycles. The van der Waals surface area contributed by atoms with Crippen LogP contribution in [-0.2, 0) is 15.0 Å². The number of amides is 2. The summed E-state index contributed by atoms with van der Waals surface area (Å²) in [6.45, 7) is 2.39. The van der Waals surface area contributed by atoms with E-state index in [0.29, 0.717) is 30.5 Å². The largest absolute Gasteiger partial charge is 0.370 e. The fourth-order valence-corrected chi connectivity index (χ4v) is 4.96. The number of hydrogen-bond donors (Lipinski definition) is 1. The monoisotopic (exact) mass is 480 g/mol. The number of piperidine rings is 1. The predicted octanol–water partition coefficient (Wildman–Crippen LogP) is 5.66. The van der Waals surface area contributed by atoms with Crippen molar-refractivity contribution in [3.8, 4) is 11.1 Å². The first-order chi connectivity index (χ1) is 16.7. The molecule has 1 saturated heterocycles. The number of primary amides is 1. The van der Waals surface area contributed by atoms with Gasteiger partial charge in [-0.2, -0.15) is 0 Å². The van der Waals surface area contributed by atoms with E-state index in [2.05, 4.69) is 0 Å². The molecule has 182 valence electrons. The molecule has 3 aromatic carbocycles. The Balaban J connectivity index is 1.53. The highest BCUT2D eigenvalue weighted by atomic mass is 19.1. The molecule has 4 nitrogen and oxygen atoms in total. The summed E-state index contributed by atoms with van der Waals surface area (Å²) in [6.07, 6.45) is 1.36. The summed E-state index contributed by atoms with van der Waals surface area (Å²) in [5.41, 5.74) is 7.44. The molecular weight excluding hydrogens is 453 g/mol. The van der Waals surface area contributed by atoms with Crippen molar-refractivity contribution in [3.05, 3.63) is 95.3 Å². The first-order valence-electron chi connectivity index (χ1n) is 11.6. The molecule has 4 rings (SSSR count). The summed E-state index contributed by atoms with van der Waals surface area (Å²) in [5, 5.41) is 0. The lowest BCUT2D eigenvalue weighted by Crippen LogP contribution is -2.47. The summed E-state index contributed by atoms with van der Waals surface area (Å²) in [5.74, 6) is -2.13. The molecule has 0 radical (unpaired) electrons. The van der Waals surface area contributed by atoms with E-state index in [1.807, 2.05) is 19.1 Å². The third-order valence-corrected chi connectivity index (χ3v) is 7.05. The van der Waals surface area contributed by atoms with Crippen LogP contribution in [0.2, 0.25) is 0 Å². The quantitative estimate of drug-likeness (QED) is 0.475. The van der Waals surface area contributed by atoms with Crippen LogP contribution in [0.4, 0.5) is 13.2 Å². The maximum absolute atomic E-state index is 14.1. The van der Waals surface area contributed by atoms with Crippen LogP contribution in [0.3, 0.4) is 0 Å². The van der Waals surface area contributed by atoms with E-state index in [0.717, 1.165) is 17.2 Å². The van der Waals surface area contributed by atoms with E-state index in [-0.39, 0.29) is 30.6 Å². The average Bonchev–Trinajstić information content (AvgIpc) is 2.83. The maximum Gasteiger partial charge on any atom is 0.223 e. The van der Waals surface area contributed by atoms with Gasteiger partial charge in [0.25, 0.3) is 0 Å². The van der Waals surface area contributed by atoms with Crippen LogP contribution in [0.15, 0.2) is 66.7 Å². The van der Waals surface area contributed by atoms with E-state index < -0.39 is 23.0 Å². The number of halogens is 3. The van der Waals surface area contributed by atoms with Crippen LogP contribution in [0.25, 0.3) is 11.1 Å². The van der Waals surface area contributed by atoms with Gasteiger partial charge in [0.2, 0.25) is 11.8 Å². The minimum absolute atomic E-state index is 0.0637. The zero-order valence-corrected chi connectivity index (χ0v) is 19.4. The third-order valence-electron chi connectivity index (χ3n) is 7.05. The SMILES string of the molecule is C[C@@H](c1ccc(-c2ccc(F)cc2F)cc1)N1CC[C@](CCC(N)=O)(c2ccc(F)cc2)CC1=O. The Hall–Kier alpha value is -3.61. The molecule has 0 aliphatic carbocycles. The van der Waals surface area contributed by atoms with E-state index in [1.165, 1.54) is 24.3 Å². The van der Waals surface area contributed by atoms with Crippen molar-refractivity contribution in [1.29, 1.82) is 0 Å². The number of benzene rings is 3. The lowest BCUT2D eigenvalue weighted by molar-refractivity contribution is -0.139. The van der Waals surface area contributed by atoms with Crippen LogP contribution >= 0.6 is 0 Å². The highest BCUT2D eigenvalue weighted by Crippen LogP contribution is 2.42. The van der Waals surface area contributed by atoms with Gasteiger partial charge in [-0.1, -0.05) is 36.4 Å². The van der Waals surface area contributed by atoms with Crippen LogP contribution in [0, 0.1) is 17.5 Å². The second-order valence-corrected chi connectivity index (χ2v) is 9.19. The Morgan fingerprint density at radius 3 is 2.26 bits per heavy atom. The molecule has 0 unspecified atom stereocenters. The van der Waals surface area contributed by atoms with Gasteiger partial charge in [-0.3, -0.25) is 9.59 Å². The summed E-state index contributed by atoms with van der Waals surface area (Å²) >= 11 is 0. The minimum Gasteiger partial charge on any atom is -0.370 e. The Kier molecular flexibility index (Phi) is 6.96. The zero-order valence-electron chi connectivity index (χ0n) is 19.4. The van der Waals surface area contributed by atoms with E-state index in [9.17, 15) is 22.8 Å². The van der Waals surface area contributed by atoms with Crippen molar-refractivity contribution in [3.63, 3.8) is 0 Å². The van der Waals surface area contributed by atoms with Crippen LogP contribution in [0.5, 0.6) is 0 Å². The van der Waals surface area contributed by atoms with E-state index in [4.69, 9.17) is 5.73 Å². The molecule has 0 spiro atoms. The molecule has 0 aromatic heterocycles. The molecular formula is C28H27F3N2O2. The van der Waals surface area contributed by atoms with Gasteiger partial charge < -0.3 is 10.6 Å². The van der Waals surface area contributed by atoms with Crippen LogP contribution < -0.4 is 5.73 Å². The molecule has 35 heavy (non-hydrogen) atoms. The van der Waals surface area contributed by atoms with Gasteiger partial charge in [-0.05, 0) is 60.7 Å². The lowest BCUT2D eigenvalue weighted by Gasteiger charge is -2.44. The average molecular weight is 481 g/mol. The number of nitrogens with zero attached hydrogens (tertiary/aromatic N) is 1. The second-order valence-electron chi connectivity index (χ2n) is 9.19. The number of hydrogen-bond acceptors (Lipinski definition) is 2. The number of likely N-dealkylation sites (tertiary alicyclic amines) is 1. The first kappa shape index (κ1) is 24.5. The highest BCUT2D eigenvalue weighted by molar-refractivity contribution is 5.80. The Bertz CT molecular complexity index is 1230. The highest BCUT2D eigenvalue weighted by Gasteiger charge is 2.41. The first-order valence-corrected chi connectivity index (χ1v) is 11.6. The van der Waals surface area contributed by atoms with E-state index >= 15 is 0 Å². The molecule has 7 heteroatoms. The second kappa shape index (κ2) is 9.94. The Morgan fingerprint density at radius 1 is 1.00 bits per heavy atom. The number of carbonyl (C=O) groups is 2. The van der Waals surface area contributed by atoms with Crippen molar-refractivity contribution in [2.75, 3.05) is 6.54 Å². The summed E-state index contributed by atoms with van der Waals surface area (Å²) in [7, 11) is 0. The zero-order chi connectivity index (χ0) is 25.2. The molecule has 1 fully saturated rings. The molecule has 1 aliphatic heterocycles. The molecule has 2 atom stereocenters. The van der Waals surface area contributed by atoms with Crippen molar-refractivity contribution in [2.45, 2.75) is 44.1 Å². The summed E-state index contributed by atoms with van der Waals surface area (Å²) < 4.78 is 40.9. The van der Waals surface area contributed by atoms with Crippen molar-refractivity contribution in [1.82, 2.24) is 4.90 Å². The fourth-order valence-electron chi connectivity index (χ4n) is 4.96. The van der Waals surface area contributed by atoms with Gasteiger partial charge in [0.05, 0.1) is 6.04 Å². The number of nitrogens with two attached hydrogens (primary N) is 1. The molecule has 1 heterocycles. The van der Waals surface area contributed by atoms with Crippen LogP contribution in [-0.4, -0.2) is 23.3 Å². The topological polar surface area (TPSA) is 63.4 Å². The Labute approximate surface area is 202 Å². The van der Waals surface area contributed by atoms with Gasteiger partial charge in [0.15, 0.2) is 0 Å².